The van der Waals surface area contributed by atoms with Crippen LogP contribution in [0.5, 0.6) is 5.75 Å². The number of aryl methyl sites for hydroxylation is 2. The smallest absolute Gasteiger partial charge is 0.271 e. The number of carbonyl (C=O) groups is 1. The Morgan fingerprint density at radius 1 is 0.872 bits per heavy atom. The average molecular weight is 594 g/mol. The van der Waals surface area contributed by atoms with E-state index in [1.165, 1.54) is 11.8 Å². The minimum absolute atomic E-state index is 0.190. The van der Waals surface area contributed by atoms with Gasteiger partial charge < -0.3 is 4.74 Å². The first-order chi connectivity index (χ1) is 18.8. The van der Waals surface area contributed by atoms with Crippen LogP contribution in [-0.2, 0) is 11.4 Å². The van der Waals surface area contributed by atoms with Gasteiger partial charge in [-0.2, -0.15) is 0 Å². The molecule has 1 amide bonds. The van der Waals surface area contributed by atoms with E-state index in [4.69, 9.17) is 44.5 Å². The van der Waals surface area contributed by atoms with Gasteiger partial charge in [-0.25, -0.2) is 4.99 Å². The van der Waals surface area contributed by atoms with E-state index >= 15 is 0 Å². The molecule has 1 aliphatic rings. The van der Waals surface area contributed by atoms with E-state index in [0.29, 0.717) is 48.9 Å². The van der Waals surface area contributed by atoms with Crippen molar-refractivity contribution in [3.63, 3.8) is 0 Å². The number of amidine groups is 1. The highest BCUT2D eigenvalue weighted by Crippen LogP contribution is 2.39. The fraction of sp³-hybridized carbons (Fsp3) is 0.0968. The monoisotopic (exact) mass is 592 g/mol. The number of nitrogens with zero attached hydrogens (tertiary/aromatic N) is 2. The molecular formula is C31H23Cl3N2O2S. The van der Waals surface area contributed by atoms with Crippen LogP contribution in [0.15, 0.2) is 94.8 Å². The van der Waals surface area contributed by atoms with Gasteiger partial charge in [0.05, 0.1) is 16.3 Å². The van der Waals surface area contributed by atoms with Crippen molar-refractivity contribution in [1.29, 1.82) is 0 Å². The first kappa shape index (κ1) is 27.4. The Bertz CT molecular complexity index is 1620. The van der Waals surface area contributed by atoms with E-state index < -0.39 is 0 Å². The lowest BCUT2D eigenvalue weighted by atomic mass is 10.2. The highest BCUT2D eigenvalue weighted by Gasteiger charge is 2.35. The number of hydrogen-bond acceptors (Lipinski definition) is 4. The largest absolute Gasteiger partial charge is 0.489 e. The van der Waals surface area contributed by atoms with Crippen molar-refractivity contribution < 1.29 is 9.53 Å². The number of carbonyl (C=O) groups excluding carboxylic acids is 1. The van der Waals surface area contributed by atoms with Crippen molar-refractivity contribution in [3.8, 4) is 5.75 Å². The number of aliphatic imine (C=N–C) groups is 1. The number of amides is 1. The second kappa shape index (κ2) is 11.9. The Labute approximate surface area is 246 Å². The summed E-state index contributed by atoms with van der Waals surface area (Å²) in [6.45, 7) is 4.26. The standard InChI is InChI=1S/C31H23Cl3N2O2S/c1-19-6-12-24(16-27(19)33)35-31-36(25-13-7-20(2)28(34)17-25)30(37)29(39-31)15-22-4-3-5-26(14-22)38-18-21-8-10-23(32)11-9-21/h3-17H,18H2,1-2H3/b29-15-,35-31?. The Morgan fingerprint density at radius 2 is 1.59 bits per heavy atom. The van der Waals surface area contributed by atoms with Crippen LogP contribution >= 0.6 is 46.6 Å². The summed E-state index contributed by atoms with van der Waals surface area (Å²) in [7, 11) is 0. The maximum atomic E-state index is 13.7. The molecule has 196 valence electrons. The van der Waals surface area contributed by atoms with Crippen LogP contribution in [0.25, 0.3) is 6.08 Å². The maximum absolute atomic E-state index is 13.7. The van der Waals surface area contributed by atoms with Gasteiger partial charge in [0.1, 0.15) is 12.4 Å². The topological polar surface area (TPSA) is 41.9 Å². The first-order valence-corrected chi connectivity index (χ1v) is 14.0. The van der Waals surface area contributed by atoms with Gasteiger partial charge in [-0.3, -0.25) is 9.69 Å². The molecule has 0 spiro atoms. The summed E-state index contributed by atoms with van der Waals surface area (Å²) in [6.07, 6.45) is 1.84. The van der Waals surface area contributed by atoms with Crippen molar-refractivity contribution in [2.24, 2.45) is 4.99 Å². The summed E-state index contributed by atoms with van der Waals surface area (Å²) < 4.78 is 5.97. The molecule has 1 heterocycles. The summed E-state index contributed by atoms with van der Waals surface area (Å²) in [6, 6.07) is 26.2. The normalized spacial score (nSPS) is 15.4. The number of anilines is 1. The van der Waals surface area contributed by atoms with E-state index in [9.17, 15) is 4.79 Å². The van der Waals surface area contributed by atoms with Crippen LogP contribution < -0.4 is 9.64 Å². The molecule has 1 aliphatic heterocycles. The second-order valence-corrected chi connectivity index (χ2v) is 11.3. The minimum atomic E-state index is -0.190. The Kier molecular flexibility index (Phi) is 8.34. The van der Waals surface area contributed by atoms with E-state index in [0.717, 1.165) is 22.3 Å². The van der Waals surface area contributed by atoms with Crippen molar-refractivity contribution >= 4 is 75.1 Å². The second-order valence-electron chi connectivity index (χ2n) is 9.00. The molecule has 1 fully saturated rings. The minimum Gasteiger partial charge on any atom is -0.489 e. The molecule has 0 bridgehead atoms. The summed E-state index contributed by atoms with van der Waals surface area (Å²) in [5.74, 6) is 0.504. The third-order valence-corrected chi connectivity index (χ3v) is 8.11. The lowest BCUT2D eigenvalue weighted by molar-refractivity contribution is -0.113. The van der Waals surface area contributed by atoms with E-state index in [-0.39, 0.29) is 5.91 Å². The van der Waals surface area contributed by atoms with Crippen molar-refractivity contribution in [2.45, 2.75) is 20.5 Å². The number of halogens is 3. The van der Waals surface area contributed by atoms with Crippen LogP contribution in [0.1, 0.15) is 22.3 Å². The molecule has 4 aromatic carbocycles. The predicted molar refractivity (Wildman–Crippen MR) is 165 cm³/mol. The molecule has 39 heavy (non-hydrogen) atoms. The molecule has 0 saturated carbocycles. The molecule has 0 radical (unpaired) electrons. The quantitative estimate of drug-likeness (QED) is 0.209. The van der Waals surface area contributed by atoms with Gasteiger partial charge >= 0.3 is 0 Å². The zero-order valence-corrected chi connectivity index (χ0v) is 24.2. The molecule has 0 N–H and O–H groups in total. The third kappa shape index (κ3) is 6.51. The summed E-state index contributed by atoms with van der Waals surface area (Å²) in [5.41, 5.74) is 5.02. The molecule has 1 saturated heterocycles. The van der Waals surface area contributed by atoms with Crippen LogP contribution in [0.4, 0.5) is 11.4 Å². The Balaban J connectivity index is 1.46. The number of hydrogen-bond donors (Lipinski definition) is 0. The molecule has 5 rings (SSSR count). The molecule has 4 nitrogen and oxygen atoms in total. The predicted octanol–water partition coefficient (Wildman–Crippen LogP) is 9.65. The van der Waals surface area contributed by atoms with Gasteiger partial charge in [0.15, 0.2) is 5.17 Å². The molecule has 0 unspecified atom stereocenters. The third-order valence-electron chi connectivity index (χ3n) is 6.07. The van der Waals surface area contributed by atoms with E-state index in [1.54, 1.807) is 17.0 Å². The van der Waals surface area contributed by atoms with E-state index in [2.05, 4.69) is 0 Å². The number of benzene rings is 4. The van der Waals surface area contributed by atoms with Crippen molar-refractivity contribution in [1.82, 2.24) is 0 Å². The lowest BCUT2D eigenvalue weighted by Crippen LogP contribution is -2.28. The highest BCUT2D eigenvalue weighted by atomic mass is 35.5. The number of ether oxygens (including phenoxy) is 1. The average Bonchev–Trinajstić information content (AvgIpc) is 3.21. The molecule has 4 aromatic rings. The number of thioether (sulfide) groups is 1. The van der Waals surface area contributed by atoms with Gasteiger partial charge in [-0.1, -0.05) is 71.2 Å². The number of rotatable bonds is 6. The first-order valence-electron chi connectivity index (χ1n) is 12.1. The molecule has 8 heteroatoms. The van der Waals surface area contributed by atoms with Crippen LogP contribution in [0.3, 0.4) is 0 Å². The molecule has 0 atom stereocenters. The van der Waals surface area contributed by atoms with Gasteiger partial charge in [-0.15, -0.1) is 0 Å². The van der Waals surface area contributed by atoms with Crippen LogP contribution in [0.2, 0.25) is 15.1 Å². The molecule has 0 aliphatic carbocycles. The Morgan fingerprint density at radius 3 is 2.31 bits per heavy atom. The van der Waals surface area contributed by atoms with Gasteiger partial charge in [0.2, 0.25) is 0 Å². The van der Waals surface area contributed by atoms with Crippen LogP contribution in [0, 0.1) is 13.8 Å². The van der Waals surface area contributed by atoms with Gasteiger partial charge in [0.25, 0.3) is 5.91 Å². The van der Waals surface area contributed by atoms with Gasteiger partial charge in [0, 0.05) is 15.1 Å². The summed E-state index contributed by atoms with van der Waals surface area (Å²) in [4.78, 5) is 20.6. The summed E-state index contributed by atoms with van der Waals surface area (Å²) >= 11 is 20.0. The highest BCUT2D eigenvalue weighted by molar-refractivity contribution is 8.19. The van der Waals surface area contributed by atoms with Gasteiger partial charge in [-0.05, 0) is 102 Å². The summed E-state index contributed by atoms with van der Waals surface area (Å²) in [5, 5.41) is 2.39. The molecular weight excluding hydrogens is 571 g/mol. The fourth-order valence-corrected chi connectivity index (χ4v) is 5.33. The van der Waals surface area contributed by atoms with E-state index in [1.807, 2.05) is 92.7 Å². The zero-order valence-electron chi connectivity index (χ0n) is 21.1. The Hall–Kier alpha value is -3.22. The molecule has 0 aromatic heterocycles. The zero-order chi connectivity index (χ0) is 27.5. The van der Waals surface area contributed by atoms with Crippen molar-refractivity contribution in [2.75, 3.05) is 4.90 Å². The lowest BCUT2D eigenvalue weighted by Gasteiger charge is -2.16. The van der Waals surface area contributed by atoms with Crippen LogP contribution in [-0.4, -0.2) is 11.1 Å². The maximum Gasteiger partial charge on any atom is 0.271 e. The SMILES string of the molecule is Cc1ccc(N=C2S/C(=C\c3cccc(OCc4ccc(Cl)cc4)c3)C(=O)N2c2ccc(C)c(Cl)c2)cc1Cl. The van der Waals surface area contributed by atoms with Crippen molar-refractivity contribution in [3.05, 3.63) is 127 Å². The fourth-order valence-electron chi connectivity index (χ4n) is 3.85.